The smallest absolute Gasteiger partial charge is 0.338 e. The van der Waals surface area contributed by atoms with Crippen molar-refractivity contribution < 1.29 is 22.4 Å². The zero-order valence-electron chi connectivity index (χ0n) is 19.7. The summed E-state index contributed by atoms with van der Waals surface area (Å²) in [5.41, 5.74) is 1.75. The van der Waals surface area contributed by atoms with Crippen LogP contribution in [0.2, 0.25) is 0 Å². The van der Waals surface area contributed by atoms with Gasteiger partial charge in [-0.05, 0) is 42.0 Å². The van der Waals surface area contributed by atoms with Crippen LogP contribution in [-0.2, 0) is 21.2 Å². The number of hydrogen-bond acceptors (Lipinski definition) is 6. The molecule has 0 saturated heterocycles. The summed E-state index contributed by atoms with van der Waals surface area (Å²) in [5, 5.41) is -1.18. The van der Waals surface area contributed by atoms with E-state index in [9.17, 15) is 13.2 Å². The van der Waals surface area contributed by atoms with Gasteiger partial charge in [-0.3, -0.25) is 0 Å². The van der Waals surface area contributed by atoms with E-state index in [1.54, 1.807) is 84.9 Å². The van der Waals surface area contributed by atoms with Gasteiger partial charge in [-0.15, -0.1) is 0 Å². The first kappa shape index (κ1) is 24.2. The van der Waals surface area contributed by atoms with Crippen LogP contribution in [0.5, 0.6) is 0 Å². The van der Waals surface area contributed by atoms with Crippen molar-refractivity contribution in [3.63, 3.8) is 0 Å². The topological polar surface area (TPSA) is 86.5 Å². The Morgan fingerprint density at radius 2 is 1.30 bits per heavy atom. The Morgan fingerprint density at radius 1 is 0.757 bits per heavy atom. The fourth-order valence-electron chi connectivity index (χ4n) is 4.02. The predicted octanol–water partition coefficient (Wildman–Crippen LogP) is 6.26. The van der Waals surface area contributed by atoms with Crippen LogP contribution in [0.4, 0.5) is 0 Å². The summed E-state index contributed by atoms with van der Waals surface area (Å²) >= 11 is 0. The summed E-state index contributed by atoms with van der Waals surface area (Å²) in [7, 11) is -3.95. The van der Waals surface area contributed by atoms with Gasteiger partial charge >= 0.3 is 5.97 Å². The summed E-state index contributed by atoms with van der Waals surface area (Å²) < 4.78 is 39.6. The van der Waals surface area contributed by atoms with E-state index in [0.717, 1.165) is 0 Å². The van der Waals surface area contributed by atoms with Gasteiger partial charge in [0.15, 0.2) is 22.2 Å². The van der Waals surface area contributed by atoms with Crippen LogP contribution in [0.1, 0.15) is 32.6 Å². The molecule has 0 fully saturated rings. The summed E-state index contributed by atoms with van der Waals surface area (Å²) in [4.78, 5) is 17.5. The molecule has 5 rings (SSSR count). The second kappa shape index (κ2) is 10.6. The van der Waals surface area contributed by atoms with E-state index in [4.69, 9.17) is 9.15 Å². The highest BCUT2D eigenvalue weighted by molar-refractivity contribution is 7.91. The molecule has 0 saturated carbocycles. The number of rotatable bonds is 8. The van der Waals surface area contributed by atoms with E-state index >= 15 is 0 Å². The Hall–Kier alpha value is -4.49. The van der Waals surface area contributed by atoms with Crippen LogP contribution in [0, 0.1) is 0 Å². The van der Waals surface area contributed by atoms with Crippen LogP contribution in [0.15, 0.2) is 131 Å². The van der Waals surface area contributed by atoms with Crippen molar-refractivity contribution >= 4 is 15.8 Å². The summed E-state index contributed by atoms with van der Waals surface area (Å²) in [6.45, 7) is -0.281. The van der Waals surface area contributed by atoms with E-state index < -0.39 is 21.1 Å². The molecule has 7 heteroatoms. The number of benzene rings is 4. The lowest BCUT2D eigenvalue weighted by atomic mass is 10.1. The third-order valence-electron chi connectivity index (χ3n) is 5.82. The second-order valence-electron chi connectivity index (χ2n) is 8.28. The zero-order chi connectivity index (χ0) is 25.7. The molecule has 0 N–H and O–H groups in total. The minimum atomic E-state index is -3.95. The first-order chi connectivity index (χ1) is 18.0. The number of ether oxygens (including phenoxy) is 1. The maximum atomic E-state index is 14.0. The fraction of sp³-hybridized carbons (Fsp3) is 0.0667. The van der Waals surface area contributed by atoms with Crippen LogP contribution in [0.3, 0.4) is 0 Å². The number of esters is 1. The molecule has 0 spiro atoms. The van der Waals surface area contributed by atoms with Gasteiger partial charge in [0.1, 0.15) is 10.9 Å². The molecular formula is C30H23NO5S. The maximum Gasteiger partial charge on any atom is 0.338 e. The molecule has 37 heavy (non-hydrogen) atoms. The Bertz CT molecular complexity index is 1580. The number of hydrogen-bond donors (Lipinski definition) is 0. The molecule has 6 nitrogen and oxygen atoms in total. The molecule has 0 aliphatic heterocycles. The molecule has 1 unspecified atom stereocenters. The van der Waals surface area contributed by atoms with Gasteiger partial charge in [0.2, 0.25) is 5.89 Å². The molecule has 0 amide bonds. The number of oxazole rings is 1. The van der Waals surface area contributed by atoms with Gasteiger partial charge in [-0.25, -0.2) is 18.2 Å². The lowest BCUT2D eigenvalue weighted by Gasteiger charge is -2.17. The molecule has 0 aliphatic carbocycles. The Balaban J connectivity index is 1.62. The minimum Gasteiger partial charge on any atom is -0.454 e. The molecule has 1 heterocycles. The van der Waals surface area contributed by atoms with Crippen LogP contribution < -0.4 is 0 Å². The summed E-state index contributed by atoms with van der Waals surface area (Å²) in [5.74, 6) is -0.145. The zero-order valence-corrected chi connectivity index (χ0v) is 20.5. The van der Waals surface area contributed by atoms with Gasteiger partial charge in [0.05, 0.1) is 10.5 Å². The van der Waals surface area contributed by atoms with Crippen molar-refractivity contribution in [2.75, 3.05) is 0 Å². The van der Waals surface area contributed by atoms with Crippen LogP contribution >= 0.6 is 0 Å². The molecule has 0 aliphatic rings. The van der Waals surface area contributed by atoms with Crippen molar-refractivity contribution in [2.24, 2.45) is 0 Å². The lowest BCUT2D eigenvalue weighted by Crippen LogP contribution is -2.18. The fourth-order valence-corrected chi connectivity index (χ4v) is 5.82. The highest BCUT2D eigenvalue weighted by Crippen LogP contribution is 2.38. The van der Waals surface area contributed by atoms with Gasteiger partial charge in [-0.2, -0.15) is 0 Å². The molecule has 0 radical (unpaired) electrons. The first-order valence-corrected chi connectivity index (χ1v) is 13.2. The highest BCUT2D eigenvalue weighted by atomic mass is 32.2. The Labute approximate surface area is 215 Å². The highest BCUT2D eigenvalue weighted by Gasteiger charge is 2.36. The predicted molar refractivity (Wildman–Crippen MR) is 139 cm³/mol. The quantitative estimate of drug-likeness (QED) is 0.229. The van der Waals surface area contributed by atoms with E-state index in [1.807, 2.05) is 36.4 Å². The number of aromatic nitrogens is 1. The standard InChI is InChI=1S/C30H23NO5S/c32-30(24-17-9-3-10-18-24)35-21-26-27(31-29(36-26)23-15-7-2-8-16-23)28(22-13-5-1-6-14-22)37(33,34)25-19-11-4-12-20-25/h1-20,28H,21H2. The number of carbonyl (C=O) groups is 1. The minimum absolute atomic E-state index is 0.153. The van der Waals surface area contributed by atoms with Crippen molar-refractivity contribution in [3.05, 3.63) is 144 Å². The normalized spacial score (nSPS) is 12.1. The van der Waals surface area contributed by atoms with E-state index in [1.165, 1.54) is 0 Å². The van der Waals surface area contributed by atoms with Gasteiger partial charge in [0.25, 0.3) is 0 Å². The third kappa shape index (κ3) is 5.22. The largest absolute Gasteiger partial charge is 0.454 e. The second-order valence-corrected chi connectivity index (χ2v) is 10.3. The van der Waals surface area contributed by atoms with Gasteiger partial charge in [0, 0.05) is 5.56 Å². The average Bonchev–Trinajstić information content (AvgIpc) is 3.37. The SMILES string of the molecule is O=C(OCc1oc(-c2ccccc2)nc1C(c1ccccc1)S(=O)(=O)c1ccccc1)c1ccccc1. The van der Waals surface area contributed by atoms with E-state index in [0.29, 0.717) is 16.7 Å². The molecule has 5 aromatic rings. The maximum absolute atomic E-state index is 14.0. The first-order valence-electron chi connectivity index (χ1n) is 11.6. The van der Waals surface area contributed by atoms with E-state index in [-0.39, 0.29) is 28.8 Å². The summed E-state index contributed by atoms with van der Waals surface area (Å²) in [6.07, 6.45) is 0. The molecule has 184 valence electrons. The monoisotopic (exact) mass is 509 g/mol. The number of sulfone groups is 1. The Morgan fingerprint density at radius 3 is 1.92 bits per heavy atom. The van der Waals surface area contributed by atoms with Crippen molar-refractivity contribution in [1.82, 2.24) is 4.98 Å². The summed E-state index contributed by atoms with van der Waals surface area (Å²) in [6, 6.07) is 34.8. The van der Waals surface area contributed by atoms with Crippen molar-refractivity contribution in [2.45, 2.75) is 16.8 Å². The van der Waals surface area contributed by atoms with Gasteiger partial charge in [-0.1, -0.05) is 84.9 Å². The number of nitrogens with zero attached hydrogens (tertiary/aromatic N) is 1. The molecule has 1 atom stereocenters. The van der Waals surface area contributed by atoms with Crippen molar-refractivity contribution in [1.29, 1.82) is 0 Å². The van der Waals surface area contributed by atoms with Crippen LogP contribution in [-0.4, -0.2) is 19.4 Å². The molecule has 4 aromatic carbocycles. The molecule has 1 aromatic heterocycles. The molecular weight excluding hydrogens is 486 g/mol. The number of carbonyl (C=O) groups excluding carboxylic acids is 1. The Kier molecular flexibility index (Phi) is 6.96. The lowest BCUT2D eigenvalue weighted by molar-refractivity contribution is 0.0445. The molecule has 0 bridgehead atoms. The van der Waals surface area contributed by atoms with Gasteiger partial charge < -0.3 is 9.15 Å². The third-order valence-corrected chi connectivity index (χ3v) is 7.87. The van der Waals surface area contributed by atoms with Crippen molar-refractivity contribution in [3.8, 4) is 11.5 Å². The van der Waals surface area contributed by atoms with E-state index in [2.05, 4.69) is 4.98 Å². The van der Waals surface area contributed by atoms with Crippen LogP contribution in [0.25, 0.3) is 11.5 Å². The average molecular weight is 510 g/mol.